The van der Waals surface area contributed by atoms with Gasteiger partial charge in [-0.05, 0) is 30.0 Å². The monoisotopic (exact) mass is 385 g/mol. The van der Waals surface area contributed by atoms with Crippen LogP contribution in [0, 0.1) is 0 Å². The molecule has 8 heteroatoms. The van der Waals surface area contributed by atoms with E-state index in [1.807, 2.05) is 17.0 Å². The summed E-state index contributed by atoms with van der Waals surface area (Å²) in [6, 6.07) is 4.99. The molecule has 1 N–H and O–H groups in total. The summed E-state index contributed by atoms with van der Waals surface area (Å²) in [6.45, 7) is 2.80. The van der Waals surface area contributed by atoms with Gasteiger partial charge in [-0.15, -0.1) is 0 Å². The van der Waals surface area contributed by atoms with Crippen LogP contribution in [0.15, 0.2) is 18.2 Å². The number of hydrogen-bond donors (Lipinski definition) is 1. The fraction of sp³-hybridized carbons (Fsp3) is 0.500. The zero-order chi connectivity index (χ0) is 19.7. The van der Waals surface area contributed by atoms with Crippen molar-refractivity contribution in [1.82, 2.24) is 15.1 Å². The third-order valence-electron chi connectivity index (χ3n) is 5.58. The topological polar surface area (TPSA) is 96.0 Å². The summed E-state index contributed by atoms with van der Waals surface area (Å²) in [5.74, 6) is -0.767. The first-order valence-corrected chi connectivity index (χ1v) is 9.65. The fourth-order valence-electron chi connectivity index (χ4n) is 4.01. The number of amides is 4. The lowest BCUT2D eigenvalue weighted by Gasteiger charge is -2.29. The maximum Gasteiger partial charge on any atom is 0.255 e. The standard InChI is InChI=1S/C20H23N3O5/c24-17-5-4-16(19(26)21-17)23-12-14-11-13(1-3-15(14)20(23)27)2-6-18(25)22-7-9-28-10-8-22/h1,3,11,16H,2,4-10,12H2,(H,21,24,26). The Balaban J connectivity index is 1.40. The minimum absolute atomic E-state index is 0.116. The number of fused-ring (bicyclic) bond motifs is 1. The van der Waals surface area contributed by atoms with Gasteiger partial charge in [0, 0.05) is 38.0 Å². The van der Waals surface area contributed by atoms with Crippen LogP contribution in [0.25, 0.3) is 0 Å². The van der Waals surface area contributed by atoms with Gasteiger partial charge in [-0.3, -0.25) is 24.5 Å². The molecular weight excluding hydrogens is 362 g/mol. The largest absolute Gasteiger partial charge is 0.378 e. The summed E-state index contributed by atoms with van der Waals surface area (Å²) in [6.07, 6.45) is 1.62. The predicted octanol–water partition coefficient (Wildman–Crippen LogP) is 0.239. The summed E-state index contributed by atoms with van der Waals surface area (Å²) in [4.78, 5) is 51.8. The number of benzene rings is 1. The van der Waals surface area contributed by atoms with E-state index in [9.17, 15) is 19.2 Å². The number of carbonyl (C=O) groups is 4. The van der Waals surface area contributed by atoms with Crippen LogP contribution >= 0.6 is 0 Å². The zero-order valence-electron chi connectivity index (χ0n) is 15.6. The molecule has 0 spiro atoms. The van der Waals surface area contributed by atoms with Gasteiger partial charge in [-0.25, -0.2) is 0 Å². The van der Waals surface area contributed by atoms with Crippen molar-refractivity contribution in [3.8, 4) is 0 Å². The number of aryl methyl sites for hydroxylation is 1. The number of nitrogens with one attached hydrogen (secondary N) is 1. The van der Waals surface area contributed by atoms with Gasteiger partial charge in [0.1, 0.15) is 6.04 Å². The molecule has 2 fully saturated rings. The lowest BCUT2D eigenvalue weighted by Crippen LogP contribution is -2.52. The Hall–Kier alpha value is -2.74. The molecule has 148 valence electrons. The number of hydrogen-bond acceptors (Lipinski definition) is 5. The van der Waals surface area contributed by atoms with Crippen molar-refractivity contribution in [1.29, 1.82) is 0 Å². The quantitative estimate of drug-likeness (QED) is 0.749. The maximum absolute atomic E-state index is 12.7. The van der Waals surface area contributed by atoms with Crippen LogP contribution in [0.1, 0.15) is 40.7 Å². The van der Waals surface area contributed by atoms with Crippen LogP contribution in [0.5, 0.6) is 0 Å². The van der Waals surface area contributed by atoms with E-state index < -0.39 is 11.9 Å². The highest BCUT2D eigenvalue weighted by Gasteiger charge is 2.39. The summed E-state index contributed by atoms with van der Waals surface area (Å²) < 4.78 is 5.27. The number of carbonyl (C=O) groups excluding carboxylic acids is 4. The molecule has 1 unspecified atom stereocenters. The molecule has 4 amide bonds. The summed E-state index contributed by atoms with van der Waals surface area (Å²) in [5, 5.41) is 2.31. The highest BCUT2D eigenvalue weighted by molar-refractivity contribution is 6.05. The minimum atomic E-state index is -0.607. The number of ether oxygens (including phenoxy) is 1. The Labute approximate surface area is 162 Å². The molecule has 3 heterocycles. The van der Waals surface area contributed by atoms with Gasteiger partial charge >= 0.3 is 0 Å². The second-order valence-corrected chi connectivity index (χ2v) is 7.38. The van der Waals surface area contributed by atoms with Gasteiger partial charge in [-0.1, -0.05) is 12.1 Å². The molecule has 1 atom stereocenters. The third kappa shape index (κ3) is 3.64. The van der Waals surface area contributed by atoms with Crippen molar-refractivity contribution in [3.05, 3.63) is 34.9 Å². The summed E-state index contributed by atoms with van der Waals surface area (Å²) in [5.41, 5.74) is 2.46. The second kappa shape index (κ2) is 7.71. The van der Waals surface area contributed by atoms with Crippen LogP contribution in [-0.4, -0.2) is 65.8 Å². The van der Waals surface area contributed by atoms with Gasteiger partial charge in [0.2, 0.25) is 17.7 Å². The first-order chi connectivity index (χ1) is 13.5. The lowest BCUT2D eigenvalue weighted by atomic mass is 10.0. The molecule has 28 heavy (non-hydrogen) atoms. The molecule has 0 aliphatic carbocycles. The van der Waals surface area contributed by atoms with Crippen molar-refractivity contribution >= 4 is 23.6 Å². The van der Waals surface area contributed by atoms with Crippen molar-refractivity contribution in [3.63, 3.8) is 0 Å². The highest BCUT2D eigenvalue weighted by atomic mass is 16.5. The van der Waals surface area contributed by atoms with Crippen LogP contribution in [-0.2, 0) is 32.1 Å². The Bertz CT molecular complexity index is 831. The molecule has 1 aromatic rings. The van der Waals surface area contributed by atoms with E-state index in [0.717, 1.165) is 11.1 Å². The van der Waals surface area contributed by atoms with Crippen LogP contribution < -0.4 is 5.32 Å². The van der Waals surface area contributed by atoms with E-state index in [1.54, 1.807) is 6.07 Å². The molecule has 0 radical (unpaired) electrons. The van der Waals surface area contributed by atoms with Crippen molar-refractivity contribution in [2.24, 2.45) is 0 Å². The summed E-state index contributed by atoms with van der Waals surface area (Å²) >= 11 is 0. The van der Waals surface area contributed by atoms with E-state index in [2.05, 4.69) is 5.32 Å². The van der Waals surface area contributed by atoms with Crippen molar-refractivity contribution < 1.29 is 23.9 Å². The third-order valence-corrected chi connectivity index (χ3v) is 5.58. The van der Waals surface area contributed by atoms with E-state index >= 15 is 0 Å². The normalized spacial score (nSPS) is 22.3. The molecule has 3 aliphatic rings. The number of piperidine rings is 1. The SMILES string of the molecule is O=C1CCC(N2Cc3cc(CCC(=O)N4CCOCC4)ccc3C2=O)C(=O)N1. The Kier molecular flexibility index (Phi) is 5.13. The van der Waals surface area contributed by atoms with E-state index in [1.165, 1.54) is 4.90 Å². The highest BCUT2D eigenvalue weighted by Crippen LogP contribution is 2.28. The summed E-state index contributed by atoms with van der Waals surface area (Å²) in [7, 11) is 0. The molecule has 0 saturated carbocycles. The molecular formula is C20H23N3O5. The van der Waals surface area contributed by atoms with E-state index in [-0.39, 0.29) is 24.1 Å². The van der Waals surface area contributed by atoms with Gasteiger partial charge in [-0.2, -0.15) is 0 Å². The Morgan fingerprint density at radius 2 is 1.96 bits per heavy atom. The van der Waals surface area contributed by atoms with Gasteiger partial charge < -0.3 is 14.5 Å². The zero-order valence-corrected chi connectivity index (χ0v) is 15.6. The van der Waals surface area contributed by atoms with E-state index in [0.29, 0.717) is 57.7 Å². The Morgan fingerprint density at radius 1 is 1.18 bits per heavy atom. The lowest BCUT2D eigenvalue weighted by molar-refractivity contribution is -0.137. The van der Waals surface area contributed by atoms with Crippen LogP contribution in [0.2, 0.25) is 0 Å². The van der Waals surface area contributed by atoms with Gasteiger partial charge in [0.25, 0.3) is 5.91 Å². The molecule has 3 aliphatic heterocycles. The number of rotatable bonds is 4. The van der Waals surface area contributed by atoms with E-state index in [4.69, 9.17) is 4.74 Å². The molecule has 1 aromatic carbocycles. The maximum atomic E-state index is 12.7. The number of morpholine rings is 1. The smallest absolute Gasteiger partial charge is 0.255 e. The predicted molar refractivity (Wildman–Crippen MR) is 98.2 cm³/mol. The fourth-order valence-corrected chi connectivity index (χ4v) is 4.01. The van der Waals surface area contributed by atoms with Crippen LogP contribution in [0.3, 0.4) is 0 Å². The molecule has 8 nitrogen and oxygen atoms in total. The number of nitrogens with zero attached hydrogens (tertiary/aromatic N) is 2. The first-order valence-electron chi connectivity index (χ1n) is 9.65. The van der Waals surface area contributed by atoms with Crippen molar-refractivity contribution in [2.45, 2.75) is 38.3 Å². The first kappa shape index (κ1) is 18.6. The molecule has 0 bridgehead atoms. The average molecular weight is 385 g/mol. The Morgan fingerprint density at radius 3 is 2.71 bits per heavy atom. The molecule has 2 saturated heterocycles. The van der Waals surface area contributed by atoms with Gasteiger partial charge in [0.05, 0.1) is 13.2 Å². The minimum Gasteiger partial charge on any atom is -0.378 e. The van der Waals surface area contributed by atoms with Crippen LogP contribution in [0.4, 0.5) is 0 Å². The number of imide groups is 1. The molecule has 0 aromatic heterocycles. The molecule has 4 rings (SSSR count). The average Bonchev–Trinajstić information content (AvgIpc) is 3.02. The van der Waals surface area contributed by atoms with Crippen molar-refractivity contribution in [2.75, 3.05) is 26.3 Å². The second-order valence-electron chi connectivity index (χ2n) is 7.38. The van der Waals surface area contributed by atoms with Gasteiger partial charge in [0.15, 0.2) is 0 Å².